The number of nitrogens with one attached hydrogen (secondary N) is 2. The predicted molar refractivity (Wildman–Crippen MR) is 132 cm³/mol. The fraction of sp³-hybridized carbons (Fsp3) is 0.320. The van der Waals surface area contributed by atoms with Gasteiger partial charge in [0.05, 0.1) is 12.4 Å². The van der Waals surface area contributed by atoms with Crippen LogP contribution >= 0.6 is 11.8 Å². The average molecular weight is 481 g/mol. The molecule has 0 saturated heterocycles. The molecule has 1 atom stereocenters. The summed E-state index contributed by atoms with van der Waals surface area (Å²) in [4.78, 5) is 29.1. The van der Waals surface area contributed by atoms with Gasteiger partial charge in [0.25, 0.3) is 5.91 Å². The van der Waals surface area contributed by atoms with Gasteiger partial charge in [-0.3, -0.25) is 9.59 Å². The second-order valence-electron chi connectivity index (χ2n) is 8.05. The van der Waals surface area contributed by atoms with Crippen molar-refractivity contribution in [3.63, 3.8) is 0 Å². The number of aryl methyl sites for hydroxylation is 1. The molecule has 4 rings (SSSR count). The van der Waals surface area contributed by atoms with E-state index in [9.17, 15) is 9.59 Å². The zero-order valence-electron chi connectivity index (χ0n) is 19.5. The first kappa shape index (κ1) is 23.7. The van der Waals surface area contributed by atoms with Gasteiger partial charge < -0.3 is 24.7 Å². The smallest absolute Gasteiger partial charge is 0.251 e. The van der Waals surface area contributed by atoms with Crippen LogP contribution in [0.3, 0.4) is 0 Å². The van der Waals surface area contributed by atoms with Crippen LogP contribution in [-0.4, -0.2) is 39.8 Å². The van der Waals surface area contributed by atoms with Crippen molar-refractivity contribution in [2.24, 2.45) is 7.05 Å². The number of carbonyl (C=O) groups excluding carboxylic acids is 2. The Labute approximate surface area is 203 Å². The molecule has 2 amide bonds. The molecule has 0 saturated carbocycles. The van der Waals surface area contributed by atoms with Crippen LogP contribution in [0, 0.1) is 0 Å². The number of fused-ring (bicyclic) bond motifs is 1. The van der Waals surface area contributed by atoms with E-state index in [4.69, 9.17) is 9.47 Å². The number of anilines is 1. The third-order valence-corrected chi connectivity index (χ3v) is 6.42. The molecular weight excluding hydrogens is 452 g/mol. The van der Waals surface area contributed by atoms with E-state index < -0.39 is 0 Å². The number of ether oxygens (including phenoxy) is 2. The van der Waals surface area contributed by atoms with Crippen molar-refractivity contribution in [2.45, 2.75) is 38.1 Å². The van der Waals surface area contributed by atoms with Gasteiger partial charge in [-0.25, -0.2) is 4.98 Å². The summed E-state index contributed by atoms with van der Waals surface area (Å²) in [7, 11) is 1.88. The van der Waals surface area contributed by atoms with Gasteiger partial charge in [0.1, 0.15) is 17.6 Å². The summed E-state index contributed by atoms with van der Waals surface area (Å²) in [5.41, 5.74) is 3.13. The Bertz CT molecular complexity index is 1180. The summed E-state index contributed by atoms with van der Waals surface area (Å²) >= 11 is 1.36. The number of rotatable bonds is 9. The molecule has 34 heavy (non-hydrogen) atoms. The highest BCUT2D eigenvalue weighted by molar-refractivity contribution is 7.99. The Kier molecular flexibility index (Phi) is 7.42. The Morgan fingerprint density at radius 1 is 1.26 bits per heavy atom. The quantitative estimate of drug-likeness (QED) is 0.453. The Balaban J connectivity index is 1.32. The lowest BCUT2D eigenvalue weighted by atomic mass is 10.1. The summed E-state index contributed by atoms with van der Waals surface area (Å²) in [6, 6.07) is 10.8. The number of hydrogen-bond donors (Lipinski definition) is 2. The molecule has 1 aliphatic rings. The van der Waals surface area contributed by atoms with Crippen LogP contribution in [0.25, 0.3) is 0 Å². The second-order valence-corrected chi connectivity index (χ2v) is 8.99. The van der Waals surface area contributed by atoms with Crippen molar-refractivity contribution in [2.75, 3.05) is 17.7 Å². The maximum Gasteiger partial charge on any atom is 0.251 e. The SMILES string of the molecule is CCOc1cc2c(cc1CNC(=O)c1ccc(NC(=O)CSc3nccn3C)cc1)O[C@H](C)C2. The highest BCUT2D eigenvalue weighted by Gasteiger charge is 2.22. The van der Waals surface area contributed by atoms with E-state index in [2.05, 4.69) is 15.6 Å². The third kappa shape index (κ3) is 5.72. The molecule has 2 N–H and O–H groups in total. The van der Waals surface area contributed by atoms with E-state index in [0.717, 1.165) is 34.2 Å². The lowest BCUT2D eigenvalue weighted by molar-refractivity contribution is -0.113. The van der Waals surface area contributed by atoms with Crippen molar-refractivity contribution in [3.05, 3.63) is 65.5 Å². The lowest BCUT2D eigenvalue weighted by Crippen LogP contribution is -2.23. The Hall–Kier alpha value is -3.46. The molecule has 0 bridgehead atoms. The molecule has 9 heteroatoms. The van der Waals surface area contributed by atoms with Crippen LogP contribution in [0.4, 0.5) is 5.69 Å². The number of imidazole rings is 1. The number of benzene rings is 2. The van der Waals surface area contributed by atoms with Gasteiger partial charge in [0, 0.05) is 54.8 Å². The van der Waals surface area contributed by atoms with E-state index in [1.807, 2.05) is 43.8 Å². The number of hydrogen-bond acceptors (Lipinski definition) is 6. The number of nitrogens with zero attached hydrogens (tertiary/aromatic N) is 2. The van der Waals surface area contributed by atoms with Gasteiger partial charge >= 0.3 is 0 Å². The molecule has 0 spiro atoms. The summed E-state index contributed by atoms with van der Waals surface area (Å²) in [5, 5.41) is 6.56. The van der Waals surface area contributed by atoms with Crippen molar-refractivity contribution in [3.8, 4) is 11.5 Å². The molecule has 3 aromatic rings. The number of amides is 2. The molecule has 2 heterocycles. The summed E-state index contributed by atoms with van der Waals surface area (Å²) in [6.07, 6.45) is 4.52. The van der Waals surface area contributed by atoms with E-state index in [1.54, 1.807) is 30.5 Å². The van der Waals surface area contributed by atoms with Crippen LogP contribution in [0.1, 0.15) is 35.3 Å². The molecular formula is C25H28N4O4S. The zero-order valence-corrected chi connectivity index (χ0v) is 20.3. The first-order chi connectivity index (χ1) is 16.4. The monoisotopic (exact) mass is 480 g/mol. The number of thioether (sulfide) groups is 1. The second kappa shape index (κ2) is 10.6. The summed E-state index contributed by atoms with van der Waals surface area (Å²) in [5.74, 6) is 1.52. The maximum atomic E-state index is 12.7. The van der Waals surface area contributed by atoms with Crippen LogP contribution in [0.15, 0.2) is 53.9 Å². The Morgan fingerprint density at radius 2 is 2.06 bits per heavy atom. The Morgan fingerprint density at radius 3 is 2.76 bits per heavy atom. The van der Waals surface area contributed by atoms with Crippen molar-refractivity contribution < 1.29 is 19.1 Å². The molecule has 2 aromatic carbocycles. The largest absolute Gasteiger partial charge is 0.494 e. The summed E-state index contributed by atoms with van der Waals surface area (Å²) < 4.78 is 13.5. The van der Waals surface area contributed by atoms with Gasteiger partial charge in [-0.15, -0.1) is 0 Å². The minimum Gasteiger partial charge on any atom is -0.494 e. The third-order valence-electron chi connectivity index (χ3n) is 5.36. The van der Waals surface area contributed by atoms with Crippen LogP contribution in [-0.2, 0) is 24.8 Å². The van der Waals surface area contributed by atoms with Crippen LogP contribution < -0.4 is 20.1 Å². The maximum absolute atomic E-state index is 12.7. The average Bonchev–Trinajstić information content (AvgIpc) is 3.40. The predicted octanol–water partition coefficient (Wildman–Crippen LogP) is 3.80. The highest BCUT2D eigenvalue weighted by atomic mass is 32.2. The molecule has 0 fully saturated rings. The van der Waals surface area contributed by atoms with E-state index >= 15 is 0 Å². The van der Waals surface area contributed by atoms with Crippen LogP contribution in [0.5, 0.6) is 11.5 Å². The summed E-state index contributed by atoms with van der Waals surface area (Å²) in [6.45, 7) is 4.84. The molecule has 0 unspecified atom stereocenters. The first-order valence-corrected chi connectivity index (χ1v) is 12.1. The van der Waals surface area contributed by atoms with Gasteiger partial charge in [-0.05, 0) is 50.2 Å². The molecule has 1 aliphatic heterocycles. The van der Waals surface area contributed by atoms with E-state index in [-0.39, 0.29) is 23.7 Å². The molecule has 0 radical (unpaired) electrons. The van der Waals surface area contributed by atoms with E-state index in [0.29, 0.717) is 24.4 Å². The molecule has 8 nitrogen and oxygen atoms in total. The molecule has 178 valence electrons. The standard InChI is InChI=1S/C25H28N4O4S/c1-4-32-21-12-18-11-16(2)33-22(18)13-19(21)14-27-24(31)17-5-7-20(8-6-17)28-23(30)15-34-25-26-9-10-29(25)3/h5-10,12-13,16H,4,11,14-15H2,1-3H3,(H,27,31)(H,28,30)/t16-/m1/s1. The normalized spacial score (nSPS) is 14.3. The number of carbonyl (C=O) groups is 2. The molecule has 1 aromatic heterocycles. The van der Waals surface area contributed by atoms with Gasteiger partial charge in [0.15, 0.2) is 5.16 Å². The van der Waals surface area contributed by atoms with Crippen molar-refractivity contribution >= 4 is 29.3 Å². The van der Waals surface area contributed by atoms with Crippen molar-refractivity contribution in [1.82, 2.24) is 14.9 Å². The van der Waals surface area contributed by atoms with Crippen LogP contribution in [0.2, 0.25) is 0 Å². The van der Waals surface area contributed by atoms with Gasteiger partial charge in [-0.2, -0.15) is 0 Å². The topological polar surface area (TPSA) is 94.5 Å². The number of aromatic nitrogens is 2. The molecule has 0 aliphatic carbocycles. The van der Waals surface area contributed by atoms with Gasteiger partial charge in [0.2, 0.25) is 5.91 Å². The lowest BCUT2D eigenvalue weighted by Gasteiger charge is -2.13. The fourth-order valence-corrected chi connectivity index (χ4v) is 4.44. The zero-order chi connectivity index (χ0) is 24.1. The van der Waals surface area contributed by atoms with Gasteiger partial charge in [-0.1, -0.05) is 11.8 Å². The minimum atomic E-state index is -0.208. The fourth-order valence-electron chi connectivity index (χ4n) is 3.71. The highest BCUT2D eigenvalue weighted by Crippen LogP contribution is 2.35. The minimum absolute atomic E-state index is 0.137. The first-order valence-electron chi connectivity index (χ1n) is 11.2. The van der Waals surface area contributed by atoms with E-state index in [1.165, 1.54) is 11.8 Å². The van der Waals surface area contributed by atoms with Crippen molar-refractivity contribution in [1.29, 1.82) is 0 Å².